The minimum Gasteiger partial charge on any atom is -0.381 e. The summed E-state index contributed by atoms with van der Waals surface area (Å²) in [5.41, 5.74) is -0.403. The maximum atomic E-state index is 13.4. The van der Waals surface area contributed by atoms with Crippen molar-refractivity contribution < 1.29 is 22.7 Å². The van der Waals surface area contributed by atoms with E-state index in [9.17, 15) is 18.0 Å². The molecule has 0 saturated carbocycles. The summed E-state index contributed by atoms with van der Waals surface area (Å²) < 4.78 is 44.2. The van der Waals surface area contributed by atoms with Gasteiger partial charge < -0.3 is 4.74 Å². The molecule has 0 amide bonds. The number of hydrogen-bond donors (Lipinski definition) is 0. The van der Waals surface area contributed by atoms with Crippen LogP contribution in [0.5, 0.6) is 0 Å². The Morgan fingerprint density at radius 3 is 2.53 bits per heavy atom. The quantitative estimate of drug-likeness (QED) is 0.590. The zero-order valence-corrected chi connectivity index (χ0v) is 9.01. The van der Waals surface area contributed by atoms with E-state index in [1.165, 1.54) is 0 Å². The molecule has 0 spiro atoms. The van der Waals surface area contributed by atoms with E-state index in [0.717, 1.165) is 0 Å². The predicted molar refractivity (Wildman–Crippen MR) is 54.2 cm³/mol. The van der Waals surface area contributed by atoms with Crippen molar-refractivity contribution in [1.82, 2.24) is 0 Å². The normalized spacial score (nSPS) is 20.3. The largest absolute Gasteiger partial charge is 0.381 e. The van der Waals surface area contributed by atoms with E-state index in [-0.39, 0.29) is 6.61 Å². The number of Topliss-reactive ketones (excluding diaryl/α,β-unsaturated/α-hetero) is 1. The van der Waals surface area contributed by atoms with Crippen LogP contribution in [0, 0.1) is 23.4 Å². The van der Waals surface area contributed by atoms with Crippen LogP contribution in [0.25, 0.3) is 0 Å². The number of halogens is 3. The minimum atomic E-state index is -1.29. The van der Waals surface area contributed by atoms with Crippen LogP contribution in [0.3, 0.4) is 0 Å². The highest BCUT2D eigenvalue weighted by molar-refractivity contribution is 5.98. The Hall–Kier alpha value is -1.36. The van der Waals surface area contributed by atoms with Crippen LogP contribution in [0.2, 0.25) is 0 Å². The lowest BCUT2D eigenvalue weighted by Crippen LogP contribution is -2.26. The highest BCUT2D eigenvalue weighted by atomic mass is 19.2. The standard InChI is InChI=1S/C12H11F3O2/c13-9-5-11(15)10(14)4-8(9)12(16)7-2-1-3-17-6-7/h4-5,7H,1-3,6H2. The van der Waals surface area contributed by atoms with Gasteiger partial charge in [0.25, 0.3) is 0 Å². The maximum absolute atomic E-state index is 13.4. The summed E-state index contributed by atoms with van der Waals surface area (Å²) in [4.78, 5) is 11.9. The van der Waals surface area contributed by atoms with E-state index in [1.807, 2.05) is 0 Å². The van der Waals surface area contributed by atoms with Crippen LogP contribution in [0.4, 0.5) is 13.2 Å². The van der Waals surface area contributed by atoms with Crippen LogP contribution in [0.1, 0.15) is 23.2 Å². The van der Waals surface area contributed by atoms with Crippen LogP contribution >= 0.6 is 0 Å². The molecule has 0 bridgehead atoms. The highest BCUT2D eigenvalue weighted by Crippen LogP contribution is 2.22. The van der Waals surface area contributed by atoms with Gasteiger partial charge in [0.2, 0.25) is 0 Å². The Morgan fingerprint density at radius 2 is 1.88 bits per heavy atom. The molecule has 1 heterocycles. The van der Waals surface area contributed by atoms with E-state index in [2.05, 4.69) is 0 Å². The number of hydrogen-bond acceptors (Lipinski definition) is 2. The lowest BCUT2D eigenvalue weighted by molar-refractivity contribution is 0.0458. The number of rotatable bonds is 2. The second-order valence-corrected chi connectivity index (χ2v) is 4.02. The van der Waals surface area contributed by atoms with Gasteiger partial charge in [-0.05, 0) is 18.9 Å². The van der Waals surface area contributed by atoms with Gasteiger partial charge in [0.05, 0.1) is 12.2 Å². The van der Waals surface area contributed by atoms with Crippen LogP contribution in [-0.4, -0.2) is 19.0 Å². The van der Waals surface area contributed by atoms with Gasteiger partial charge in [0, 0.05) is 18.6 Å². The first-order valence-electron chi connectivity index (χ1n) is 5.36. The second-order valence-electron chi connectivity index (χ2n) is 4.02. The maximum Gasteiger partial charge on any atom is 0.171 e. The van der Waals surface area contributed by atoms with Crippen molar-refractivity contribution >= 4 is 5.78 Å². The summed E-state index contributed by atoms with van der Waals surface area (Å²) in [6, 6.07) is 1.01. The molecule has 2 rings (SSSR count). The molecule has 1 unspecified atom stereocenters. The van der Waals surface area contributed by atoms with E-state index in [1.54, 1.807) is 0 Å². The van der Waals surface area contributed by atoms with E-state index < -0.39 is 34.7 Å². The first kappa shape index (κ1) is 12.1. The first-order valence-corrected chi connectivity index (χ1v) is 5.36. The molecule has 1 fully saturated rings. The topological polar surface area (TPSA) is 26.3 Å². The fraction of sp³-hybridized carbons (Fsp3) is 0.417. The van der Waals surface area contributed by atoms with Gasteiger partial charge in [-0.25, -0.2) is 13.2 Å². The summed E-state index contributed by atoms with van der Waals surface area (Å²) in [5.74, 6) is -4.53. The molecular weight excluding hydrogens is 233 g/mol. The Labute approximate surface area is 96.4 Å². The number of carbonyl (C=O) groups is 1. The molecule has 17 heavy (non-hydrogen) atoms. The third-order valence-corrected chi connectivity index (χ3v) is 2.81. The molecule has 5 heteroatoms. The Balaban J connectivity index is 2.26. The third-order valence-electron chi connectivity index (χ3n) is 2.81. The van der Waals surface area contributed by atoms with Crippen LogP contribution < -0.4 is 0 Å². The molecule has 92 valence electrons. The molecule has 0 N–H and O–H groups in total. The molecule has 2 nitrogen and oxygen atoms in total. The number of carbonyl (C=O) groups excluding carboxylic acids is 1. The fourth-order valence-corrected chi connectivity index (χ4v) is 1.88. The van der Waals surface area contributed by atoms with Crippen molar-refractivity contribution in [1.29, 1.82) is 0 Å². The lowest BCUT2D eigenvalue weighted by Gasteiger charge is -2.21. The number of ether oxygens (including phenoxy) is 1. The van der Waals surface area contributed by atoms with E-state index in [0.29, 0.717) is 31.6 Å². The van der Waals surface area contributed by atoms with Crippen molar-refractivity contribution in [2.45, 2.75) is 12.8 Å². The van der Waals surface area contributed by atoms with Gasteiger partial charge in [-0.15, -0.1) is 0 Å². The molecule has 0 radical (unpaired) electrons. The van der Waals surface area contributed by atoms with Crippen molar-refractivity contribution in [2.24, 2.45) is 5.92 Å². The van der Waals surface area contributed by atoms with Gasteiger partial charge >= 0.3 is 0 Å². The molecule has 1 saturated heterocycles. The average Bonchev–Trinajstić information content (AvgIpc) is 2.34. The molecule has 1 aromatic carbocycles. The lowest BCUT2D eigenvalue weighted by atomic mass is 9.92. The molecule has 0 aromatic heterocycles. The van der Waals surface area contributed by atoms with Crippen molar-refractivity contribution in [2.75, 3.05) is 13.2 Å². The average molecular weight is 244 g/mol. The molecule has 1 aliphatic rings. The zero-order valence-electron chi connectivity index (χ0n) is 9.01. The predicted octanol–water partition coefficient (Wildman–Crippen LogP) is 2.71. The fourth-order valence-electron chi connectivity index (χ4n) is 1.88. The molecule has 1 atom stereocenters. The molecule has 1 aromatic rings. The first-order chi connectivity index (χ1) is 8.09. The second kappa shape index (κ2) is 4.87. The Bertz CT molecular complexity index is 440. The van der Waals surface area contributed by atoms with Gasteiger partial charge in [-0.3, -0.25) is 4.79 Å². The van der Waals surface area contributed by atoms with E-state index in [4.69, 9.17) is 4.74 Å². The van der Waals surface area contributed by atoms with Crippen molar-refractivity contribution in [3.8, 4) is 0 Å². The van der Waals surface area contributed by atoms with Gasteiger partial charge in [0.1, 0.15) is 5.82 Å². The Morgan fingerprint density at radius 1 is 1.18 bits per heavy atom. The van der Waals surface area contributed by atoms with E-state index >= 15 is 0 Å². The third kappa shape index (κ3) is 2.49. The SMILES string of the molecule is O=C(c1cc(F)c(F)cc1F)C1CCCOC1. The van der Waals surface area contributed by atoms with Gasteiger partial charge in [-0.2, -0.15) is 0 Å². The molecule has 1 aliphatic heterocycles. The molecular formula is C12H11F3O2. The van der Waals surface area contributed by atoms with Gasteiger partial charge in [0.15, 0.2) is 17.4 Å². The summed E-state index contributed by atoms with van der Waals surface area (Å²) in [6.45, 7) is 0.779. The summed E-state index contributed by atoms with van der Waals surface area (Å²) in [5, 5.41) is 0. The van der Waals surface area contributed by atoms with Gasteiger partial charge in [-0.1, -0.05) is 0 Å². The minimum absolute atomic E-state index is 0.206. The number of ketones is 1. The Kier molecular flexibility index (Phi) is 3.47. The number of benzene rings is 1. The smallest absolute Gasteiger partial charge is 0.171 e. The summed E-state index contributed by atoms with van der Waals surface area (Å²) >= 11 is 0. The summed E-state index contributed by atoms with van der Waals surface area (Å²) in [7, 11) is 0. The van der Waals surface area contributed by atoms with Crippen molar-refractivity contribution in [3.05, 3.63) is 35.1 Å². The van der Waals surface area contributed by atoms with Crippen LogP contribution in [0.15, 0.2) is 12.1 Å². The zero-order chi connectivity index (χ0) is 12.4. The monoisotopic (exact) mass is 244 g/mol. The molecule has 0 aliphatic carbocycles. The highest BCUT2D eigenvalue weighted by Gasteiger charge is 2.26. The van der Waals surface area contributed by atoms with Crippen molar-refractivity contribution in [3.63, 3.8) is 0 Å². The van der Waals surface area contributed by atoms with Crippen LogP contribution in [-0.2, 0) is 4.74 Å². The summed E-state index contributed by atoms with van der Waals surface area (Å²) in [6.07, 6.45) is 1.29.